The summed E-state index contributed by atoms with van der Waals surface area (Å²) in [4.78, 5) is 13.8. The van der Waals surface area contributed by atoms with Crippen LogP contribution in [0.15, 0.2) is 16.6 Å². The van der Waals surface area contributed by atoms with E-state index in [0.29, 0.717) is 6.54 Å². The van der Waals surface area contributed by atoms with Crippen molar-refractivity contribution in [2.45, 2.75) is 39.7 Å². The number of hydrogen-bond acceptors (Lipinski definition) is 2. The SMILES string of the molecule is Cc1ccc2c(c1Br)CCN2C(=O)OC(C)(C)C. The van der Waals surface area contributed by atoms with Gasteiger partial charge in [-0.25, -0.2) is 4.79 Å². The highest BCUT2D eigenvalue weighted by atomic mass is 79.9. The van der Waals surface area contributed by atoms with Gasteiger partial charge in [0, 0.05) is 11.0 Å². The van der Waals surface area contributed by atoms with Gasteiger partial charge in [-0.15, -0.1) is 0 Å². The molecule has 0 atom stereocenters. The molecule has 1 aliphatic rings. The van der Waals surface area contributed by atoms with Crippen molar-refractivity contribution in [2.75, 3.05) is 11.4 Å². The van der Waals surface area contributed by atoms with Crippen molar-refractivity contribution in [2.24, 2.45) is 0 Å². The fraction of sp³-hybridized carbons (Fsp3) is 0.500. The topological polar surface area (TPSA) is 29.5 Å². The minimum Gasteiger partial charge on any atom is -0.443 e. The number of nitrogens with zero attached hydrogens (tertiary/aromatic N) is 1. The van der Waals surface area contributed by atoms with Crippen molar-refractivity contribution in [3.05, 3.63) is 27.7 Å². The normalized spacial score (nSPS) is 14.6. The first-order valence-corrected chi connectivity index (χ1v) is 6.87. The lowest BCUT2D eigenvalue weighted by Crippen LogP contribution is -2.35. The average Bonchev–Trinajstić information content (AvgIpc) is 2.65. The molecule has 0 fully saturated rings. The van der Waals surface area contributed by atoms with Crippen molar-refractivity contribution >= 4 is 27.7 Å². The summed E-state index contributed by atoms with van der Waals surface area (Å²) >= 11 is 3.59. The van der Waals surface area contributed by atoms with Gasteiger partial charge in [0.25, 0.3) is 0 Å². The standard InChI is InChI=1S/C14H18BrNO2/c1-9-5-6-11-10(12(9)15)7-8-16(11)13(17)18-14(2,3)4/h5-6H,7-8H2,1-4H3. The van der Waals surface area contributed by atoms with Gasteiger partial charge in [0.1, 0.15) is 5.60 Å². The number of hydrogen-bond donors (Lipinski definition) is 0. The molecule has 0 unspecified atom stereocenters. The molecule has 1 amide bonds. The number of amides is 1. The number of anilines is 1. The molecule has 0 saturated carbocycles. The summed E-state index contributed by atoms with van der Waals surface area (Å²) in [6, 6.07) is 4.01. The Morgan fingerprint density at radius 3 is 2.67 bits per heavy atom. The van der Waals surface area contributed by atoms with E-state index in [1.165, 1.54) is 11.1 Å². The van der Waals surface area contributed by atoms with Crippen molar-refractivity contribution in [3.63, 3.8) is 0 Å². The Morgan fingerprint density at radius 2 is 2.06 bits per heavy atom. The molecule has 0 aliphatic carbocycles. The summed E-state index contributed by atoms with van der Waals surface area (Å²) in [7, 11) is 0. The predicted molar refractivity (Wildman–Crippen MR) is 76.2 cm³/mol. The lowest BCUT2D eigenvalue weighted by Gasteiger charge is -2.24. The Morgan fingerprint density at radius 1 is 1.39 bits per heavy atom. The van der Waals surface area contributed by atoms with Crippen LogP contribution in [-0.2, 0) is 11.2 Å². The van der Waals surface area contributed by atoms with E-state index in [9.17, 15) is 4.79 Å². The minimum atomic E-state index is -0.457. The van der Waals surface area contributed by atoms with Crippen LogP contribution >= 0.6 is 15.9 Å². The molecule has 0 saturated heterocycles. The third-order valence-electron chi connectivity index (χ3n) is 2.90. The molecular formula is C14H18BrNO2. The molecule has 0 spiro atoms. The average molecular weight is 312 g/mol. The number of fused-ring (bicyclic) bond motifs is 1. The monoisotopic (exact) mass is 311 g/mol. The van der Waals surface area contributed by atoms with Crippen molar-refractivity contribution in [3.8, 4) is 0 Å². The Kier molecular flexibility index (Phi) is 3.41. The maximum Gasteiger partial charge on any atom is 0.414 e. The summed E-state index contributed by atoms with van der Waals surface area (Å²) in [5, 5.41) is 0. The lowest BCUT2D eigenvalue weighted by molar-refractivity contribution is 0.0584. The fourth-order valence-corrected chi connectivity index (χ4v) is 2.60. The van der Waals surface area contributed by atoms with Gasteiger partial charge in [-0.1, -0.05) is 22.0 Å². The predicted octanol–water partition coefficient (Wildman–Crippen LogP) is 4.06. The summed E-state index contributed by atoms with van der Waals surface area (Å²) < 4.78 is 6.52. The molecule has 1 aromatic carbocycles. The summed E-state index contributed by atoms with van der Waals surface area (Å²) in [5.41, 5.74) is 2.89. The number of ether oxygens (including phenoxy) is 1. The van der Waals surface area contributed by atoms with Crippen molar-refractivity contribution in [1.82, 2.24) is 0 Å². The van der Waals surface area contributed by atoms with E-state index in [2.05, 4.69) is 22.9 Å². The second kappa shape index (κ2) is 4.57. The largest absolute Gasteiger partial charge is 0.443 e. The molecule has 0 N–H and O–H groups in total. The van der Waals surface area contributed by atoms with Gasteiger partial charge in [-0.3, -0.25) is 4.90 Å². The van der Waals surface area contributed by atoms with Crippen LogP contribution < -0.4 is 4.90 Å². The van der Waals surface area contributed by atoms with E-state index in [1.807, 2.05) is 32.9 Å². The van der Waals surface area contributed by atoms with E-state index in [1.54, 1.807) is 4.90 Å². The third kappa shape index (κ3) is 2.53. The van der Waals surface area contributed by atoms with Crippen LogP contribution in [0, 0.1) is 6.92 Å². The van der Waals surface area contributed by atoms with Crippen molar-refractivity contribution < 1.29 is 9.53 Å². The van der Waals surface area contributed by atoms with Crippen LogP contribution in [0.2, 0.25) is 0 Å². The molecule has 98 valence electrons. The Hall–Kier alpha value is -1.03. The van der Waals surface area contributed by atoms with Gasteiger partial charge < -0.3 is 4.74 Å². The van der Waals surface area contributed by atoms with Crippen LogP contribution in [0.5, 0.6) is 0 Å². The highest BCUT2D eigenvalue weighted by Crippen LogP contribution is 2.36. The van der Waals surface area contributed by atoms with Gasteiger partial charge >= 0.3 is 6.09 Å². The second-order valence-electron chi connectivity index (χ2n) is 5.58. The van der Waals surface area contributed by atoms with E-state index in [4.69, 9.17) is 4.74 Å². The molecular weight excluding hydrogens is 294 g/mol. The first kappa shape index (κ1) is 13.4. The van der Waals surface area contributed by atoms with E-state index in [0.717, 1.165) is 16.6 Å². The molecule has 18 heavy (non-hydrogen) atoms. The Balaban J connectivity index is 2.27. The van der Waals surface area contributed by atoms with Crippen LogP contribution in [0.1, 0.15) is 31.9 Å². The number of halogens is 1. The number of carbonyl (C=O) groups is 1. The first-order chi connectivity index (χ1) is 8.29. The molecule has 0 aromatic heterocycles. The van der Waals surface area contributed by atoms with Gasteiger partial charge in [0.2, 0.25) is 0 Å². The van der Waals surface area contributed by atoms with E-state index >= 15 is 0 Å². The zero-order valence-corrected chi connectivity index (χ0v) is 12.8. The van der Waals surface area contributed by atoms with Gasteiger partial charge in [-0.2, -0.15) is 0 Å². The summed E-state index contributed by atoms with van der Waals surface area (Å²) in [5.74, 6) is 0. The highest BCUT2D eigenvalue weighted by molar-refractivity contribution is 9.10. The number of carbonyl (C=O) groups excluding carboxylic acids is 1. The molecule has 1 heterocycles. The zero-order valence-electron chi connectivity index (χ0n) is 11.2. The van der Waals surface area contributed by atoms with Gasteiger partial charge in [-0.05, 0) is 51.3 Å². The molecule has 1 aromatic rings. The van der Waals surface area contributed by atoms with Crippen LogP contribution in [0.3, 0.4) is 0 Å². The molecule has 0 bridgehead atoms. The first-order valence-electron chi connectivity index (χ1n) is 6.08. The minimum absolute atomic E-state index is 0.267. The van der Waals surface area contributed by atoms with E-state index in [-0.39, 0.29) is 6.09 Å². The molecule has 4 heteroatoms. The lowest BCUT2D eigenvalue weighted by atomic mass is 10.1. The van der Waals surface area contributed by atoms with E-state index < -0.39 is 5.60 Å². The molecule has 1 aliphatic heterocycles. The second-order valence-corrected chi connectivity index (χ2v) is 6.37. The van der Waals surface area contributed by atoms with Crippen LogP contribution in [0.4, 0.5) is 10.5 Å². The third-order valence-corrected chi connectivity index (χ3v) is 4.01. The quantitative estimate of drug-likeness (QED) is 0.723. The maximum atomic E-state index is 12.1. The van der Waals surface area contributed by atoms with Crippen molar-refractivity contribution in [1.29, 1.82) is 0 Å². The number of rotatable bonds is 0. The number of aryl methyl sites for hydroxylation is 1. The van der Waals surface area contributed by atoms with Crippen LogP contribution in [-0.4, -0.2) is 18.2 Å². The smallest absolute Gasteiger partial charge is 0.414 e. The molecule has 3 nitrogen and oxygen atoms in total. The van der Waals surface area contributed by atoms with Gasteiger partial charge in [0.05, 0.1) is 5.69 Å². The molecule has 0 radical (unpaired) electrons. The maximum absolute atomic E-state index is 12.1. The zero-order chi connectivity index (χ0) is 13.5. The number of benzene rings is 1. The Bertz CT molecular complexity index is 491. The van der Waals surface area contributed by atoms with Gasteiger partial charge in [0.15, 0.2) is 0 Å². The summed E-state index contributed by atoms with van der Waals surface area (Å²) in [6.07, 6.45) is 0.605. The highest BCUT2D eigenvalue weighted by Gasteiger charge is 2.30. The van der Waals surface area contributed by atoms with Crippen LogP contribution in [0.25, 0.3) is 0 Å². The fourth-order valence-electron chi connectivity index (χ4n) is 2.07. The molecule has 2 rings (SSSR count). The Labute approximate surface area is 116 Å². The summed E-state index contributed by atoms with van der Waals surface area (Å²) in [6.45, 7) is 8.39.